The van der Waals surface area contributed by atoms with Gasteiger partial charge in [0.25, 0.3) is 5.91 Å². The molecule has 0 aliphatic rings. The van der Waals surface area contributed by atoms with Crippen molar-refractivity contribution in [2.24, 2.45) is 0 Å². The van der Waals surface area contributed by atoms with Crippen molar-refractivity contribution in [3.63, 3.8) is 0 Å². The van der Waals surface area contributed by atoms with Crippen molar-refractivity contribution >= 4 is 11.6 Å². The van der Waals surface area contributed by atoms with E-state index in [0.29, 0.717) is 28.6 Å². The quantitative estimate of drug-likeness (QED) is 0.760. The van der Waals surface area contributed by atoms with Gasteiger partial charge in [-0.25, -0.2) is 9.07 Å². The van der Waals surface area contributed by atoms with Crippen molar-refractivity contribution in [3.05, 3.63) is 59.7 Å². The first kappa shape index (κ1) is 17.4. The summed E-state index contributed by atoms with van der Waals surface area (Å²) in [6.07, 6.45) is 0. The molecule has 0 aliphatic heterocycles. The molecule has 1 amide bonds. The Hall–Kier alpha value is -3.42. The molecule has 0 radical (unpaired) electrons. The highest BCUT2D eigenvalue weighted by atomic mass is 19.1. The van der Waals surface area contributed by atoms with Crippen LogP contribution in [0.5, 0.6) is 11.5 Å². The van der Waals surface area contributed by atoms with E-state index in [1.54, 1.807) is 44.4 Å². The van der Waals surface area contributed by atoms with E-state index < -0.39 is 11.7 Å². The lowest BCUT2D eigenvalue weighted by atomic mass is 10.2. The van der Waals surface area contributed by atoms with Crippen LogP contribution in [0.1, 0.15) is 16.2 Å². The van der Waals surface area contributed by atoms with Crippen molar-refractivity contribution in [3.8, 4) is 17.2 Å². The first-order chi connectivity index (χ1) is 12.5. The van der Waals surface area contributed by atoms with Gasteiger partial charge in [-0.15, -0.1) is 5.10 Å². The number of carbonyl (C=O) groups is 1. The summed E-state index contributed by atoms with van der Waals surface area (Å²) in [5, 5.41) is 10.6. The number of carbonyl (C=O) groups excluding carboxylic acids is 1. The maximum Gasteiger partial charge on any atom is 0.278 e. The molecule has 0 bridgehead atoms. The first-order valence-corrected chi connectivity index (χ1v) is 7.75. The summed E-state index contributed by atoms with van der Waals surface area (Å²) in [7, 11) is 3.04. The average molecular weight is 356 g/mol. The lowest BCUT2D eigenvalue weighted by molar-refractivity contribution is 0.102. The third-order valence-corrected chi connectivity index (χ3v) is 3.82. The van der Waals surface area contributed by atoms with Crippen LogP contribution in [-0.2, 0) is 0 Å². The minimum atomic E-state index is -0.450. The highest BCUT2D eigenvalue weighted by Gasteiger charge is 2.19. The zero-order valence-corrected chi connectivity index (χ0v) is 14.5. The highest BCUT2D eigenvalue weighted by molar-refractivity contribution is 6.04. The number of amides is 1. The third kappa shape index (κ3) is 3.34. The molecule has 1 aromatic heterocycles. The lowest BCUT2D eigenvalue weighted by Crippen LogP contribution is -2.15. The fourth-order valence-electron chi connectivity index (χ4n) is 2.48. The summed E-state index contributed by atoms with van der Waals surface area (Å²) < 4.78 is 25.2. The summed E-state index contributed by atoms with van der Waals surface area (Å²) in [5.74, 6) is 0.209. The van der Waals surface area contributed by atoms with Crippen LogP contribution in [0.2, 0.25) is 0 Å². The number of benzene rings is 2. The Morgan fingerprint density at radius 3 is 2.65 bits per heavy atom. The van der Waals surface area contributed by atoms with Gasteiger partial charge in [-0.1, -0.05) is 11.3 Å². The molecule has 0 atom stereocenters. The van der Waals surface area contributed by atoms with Crippen LogP contribution < -0.4 is 14.8 Å². The molecule has 26 heavy (non-hydrogen) atoms. The highest BCUT2D eigenvalue weighted by Crippen LogP contribution is 2.29. The Bertz CT molecular complexity index is 955. The maximum atomic E-state index is 13.4. The molecule has 1 heterocycles. The molecular formula is C18H17FN4O3. The number of methoxy groups -OCH3 is 2. The van der Waals surface area contributed by atoms with Crippen LogP contribution in [0.15, 0.2) is 42.5 Å². The lowest BCUT2D eigenvalue weighted by Gasteiger charge is -2.11. The van der Waals surface area contributed by atoms with Crippen LogP contribution in [0.3, 0.4) is 0 Å². The molecule has 0 saturated heterocycles. The molecule has 0 saturated carbocycles. The zero-order valence-electron chi connectivity index (χ0n) is 14.5. The predicted octanol–water partition coefficient (Wildman–Crippen LogP) is 2.98. The monoisotopic (exact) mass is 356 g/mol. The summed E-state index contributed by atoms with van der Waals surface area (Å²) >= 11 is 0. The number of aromatic nitrogens is 3. The number of hydrogen-bond donors (Lipinski definition) is 1. The summed E-state index contributed by atoms with van der Waals surface area (Å²) in [4.78, 5) is 12.6. The van der Waals surface area contributed by atoms with Crippen LogP contribution in [0.4, 0.5) is 10.1 Å². The summed E-state index contributed by atoms with van der Waals surface area (Å²) in [5.41, 5.74) is 1.57. The van der Waals surface area contributed by atoms with Crippen LogP contribution >= 0.6 is 0 Å². The molecule has 2 aromatic carbocycles. The number of rotatable bonds is 5. The van der Waals surface area contributed by atoms with Gasteiger partial charge in [0.15, 0.2) is 5.69 Å². The van der Waals surface area contributed by atoms with Gasteiger partial charge in [0.1, 0.15) is 17.3 Å². The molecule has 3 rings (SSSR count). The van der Waals surface area contributed by atoms with E-state index in [-0.39, 0.29) is 5.69 Å². The Labute approximate surface area is 149 Å². The van der Waals surface area contributed by atoms with E-state index in [9.17, 15) is 9.18 Å². The number of hydrogen-bond acceptors (Lipinski definition) is 5. The molecule has 0 spiro atoms. The molecule has 0 aliphatic carbocycles. The van der Waals surface area contributed by atoms with Crippen LogP contribution in [0, 0.1) is 12.7 Å². The van der Waals surface area contributed by atoms with Gasteiger partial charge in [-0.3, -0.25) is 4.79 Å². The maximum absolute atomic E-state index is 13.4. The smallest absolute Gasteiger partial charge is 0.278 e. The SMILES string of the molecule is COc1ccc(NC(=O)c2nnn(-c3cccc(F)c3)c2C)c(OC)c1. The van der Waals surface area contributed by atoms with E-state index in [1.165, 1.54) is 23.9 Å². The Morgan fingerprint density at radius 1 is 1.15 bits per heavy atom. The molecule has 3 aromatic rings. The van der Waals surface area contributed by atoms with Gasteiger partial charge >= 0.3 is 0 Å². The van der Waals surface area contributed by atoms with Crippen molar-refractivity contribution in [2.45, 2.75) is 6.92 Å². The van der Waals surface area contributed by atoms with Crippen LogP contribution in [-0.4, -0.2) is 35.1 Å². The minimum absolute atomic E-state index is 0.132. The average Bonchev–Trinajstić information content (AvgIpc) is 3.03. The summed E-state index contributed by atoms with van der Waals surface area (Å²) in [6, 6.07) is 10.9. The van der Waals surface area contributed by atoms with Crippen molar-refractivity contribution in [1.82, 2.24) is 15.0 Å². The fourth-order valence-corrected chi connectivity index (χ4v) is 2.48. The van der Waals surface area contributed by atoms with Gasteiger partial charge in [0, 0.05) is 6.07 Å². The second-order valence-corrected chi connectivity index (χ2v) is 5.44. The topological polar surface area (TPSA) is 78.3 Å². The number of halogens is 1. The Kier molecular flexibility index (Phi) is 4.83. The minimum Gasteiger partial charge on any atom is -0.497 e. The first-order valence-electron chi connectivity index (χ1n) is 7.75. The molecule has 0 unspecified atom stereocenters. The van der Waals surface area contributed by atoms with Gasteiger partial charge in [-0.2, -0.15) is 0 Å². The Balaban J connectivity index is 1.88. The van der Waals surface area contributed by atoms with Crippen molar-refractivity contribution in [2.75, 3.05) is 19.5 Å². The molecule has 8 heteroatoms. The second-order valence-electron chi connectivity index (χ2n) is 5.44. The van der Waals surface area contributed by atoms with Crippen molar-refractivity contribution < 1.29 is 18.7 Å². The van der Waals surface area contributed by atoms with Gasteiger partial charge in [0.05, 0.1) is 31.3 Å². The molecule has 1 N–H and O–H groups in total. The molecular weight excluding hydrogens is 339 g/mol. The standard InChI is InChI=1S/C18H17FN4O3/c1-11-17(21-22-23(11)13-6-4-5-12(19)9-13)18(24)20-15-8-7-14(25-2)10-16(15)26-3/h4-10H,1-3H3,(H,20,24). The Morgan fingerprint density at radius 2 is 1.96 bits per heavy atom. The number of ether oxygens (including phenoxy) is 2. The van der Waals surface area contributed by atoms with Gasteiger partial charge in [-0.05, 0) is 37.3 Å². The normalized spacial score (nSPS) is 10.5. The number of nitrogens with one attached hydrogen (secondary N) is 1. The predicted molar refractivity (Wildman–Crippen MR) is 93.6 cm³/mol. The van der Waals surface area contributed by atoms with Gasteiger partial charge < -0.3 is 14.8 Å². The van der Waals surface area contributed by atoms with E-state index in [4.69, 9.17) is 9.47 Å². The molecule has 0 fully saturated rings. The number of anilines is 1. The number of nitrogens with zero attached hydrogens (tertiary/aromatic N) is 3. The van der Waals surface area contributed by atoms with E-state index >= 15 is 0 Å². The largest absolute Gasteiger partial charge is 0.497 e. The van der Waals surface area contributed by atoms with Crippen LogP contribution in [0.25, 0.3) is 5.69 Å². The van der Waals surface area contributed by atoms with E-state index in [1.807, 2.05) is 0 Å². The fraction of sp³-hybridized carbons (Fsp3) is 0.167. The summed E-state index contributed by atoms with van der Waals surface area (Å²) in [6.45, 7) is 1.69. The second kappa shape index (κ2) is 7.22. The zero-order chi connectivity index (χ0) is 18.7. The van der Waals surface area contributed by atoms with E-state index in [0.717, 1.165) is 0 Å². The molecule has 7 nitrogen and oxygen atoms in total. The van der Waals surface area contributed by atoms with Gasteiger partial charge in [0.2, 0.25) is 0 Å². The van der Waals surface area contributed by atoms with E-state index in [2.05, 4.69) is 15.6 Å². The molecule has 134 valence electrons. The van der Waals surface area contributed by atoms with Crippen molar-refractivity contribution in [1.29, 1.82) is 0 Å². The third-order valence-electron chi connectivity index (χ3n) is 3.82.